The van der Waals surface area contributed by atoms with E-state index in [2.05, 4.69) is 57.4 Å². The van der Waals surface area contributed by atoms with Crippen LogP contribution in [0.3, 0.4) is 0 Å². The van der Waals surface area contributed by atoms with Crippen molar-refractivity contribution in [3.05, 3.63) is 64.7 Å². The summed E-state index contributed by atoms with van der Waals surface area (Å²) >= 11 is 3.36. The van der Waals surface area contributed by atoms with Gasteiger partial charge in [0.15, 0.2) is 4.67 Å². The van der Waals surface area contributed by atoms with E-state index in [-0.39, 0.29) is 6.04 Å². The molecule has 3 rings (SSSR count). The smallest absolute Gasteiger partial charge is 0.169 e. The zero-order valence-corrected chi connectivity index (χ0v) is 12.7. The molecule has 0 fully saturated rings. The molecule has 1 aromatic carbocycles. The number of hydrogen-bond donors (Lipinski definition) is 1. The number of furan rings is 1. The normalized spacial score (nSPS) is 12.7. The third-order valence-corrected chi connectivity index (χ3v) is 3.68. The van der Waals surface area contributed by atoms with Crippen LogP contribution >= 0.6 is 15.9 Å². The Kier molecular flexibility index (Phi) is 3.85. The van der Waals surface area contributed by atoms with Crippen molar-refractivity contribution in [1.29, 1.82) is 0 Å². The molecule has 0 saturated carbocycles. The van der Waals surface area contributed by atoms with Gasteiger partial charge in [0.05, 0.1) is 11.6 Å². The molecule has 0 bridgehead atoms. The quantitative estimate of drug-likeness (QED) is 0.775. The van der Waals surface area contributed by atoms with Crippen molar-refractivity contribution >= 4 is 26.8 Å². The number of nitrogens with zero attached hydrogens (tertiary/aromatic N) is 1. The molecule has 0 spiro atoms. The Morgan fingerprint density at radius 3 is 2.90 bits per heavy atom. The Hall–Kier alpha value is -1.65. The third-order valence-electron chi connectivity index (χ3n) is 3.25. The fourth-order valence-corrected chi connectivity index (χ4v) is 2.65. The van der Waals surface area contributed by atoms with Crippen molar-refractivity contribution in [3.63, 3.8) is 0 Å². The lowest BCUT2D eigenvalue weighted by molar-refractivity contribution is 0.437. The molecule has 0 aliphatic heterocycles. The summed E-state index contributed by atoms with van der Waals surface area (Å²) in [4.78, 5) is 4.42. The van der Waals surface area contributed by atoms with Gasteiger partial charge >= 0.3 is 0 Å². The fraction of sp³-hybridized carbons (Fsp3) is 0.188. The maximum absolute atomic E-state index is 5.70. The molecule has 20 heavy (non-hydrogen) atoms. The summed E-state index contributed by atoms with van der Waals surface area (Å²) in [6, 6.07) is 14.3. The van der Waals surface area contributed by atoms with Gasteiger partial charge in [-0.05, 0) is 52.3 Å². The number of aromatic nitrogens is 1. The average molecular weight is 331 g/mol. The second-order valence-electron chi connectivity index (χ2n) is 4.59. The summed E-state index contributed by atoms with van der Waals surface area (Å²) in [6.45, 7) is 2.95. The van der Waals surface area contributed by atoms with E-state index in [9.17, 15) is 0 Å². The summed E-state index contributed by atoms with van der Waals surface area (Å²) in [5, 5.41) is 4.60. The third kappa shape index (κ3) is 2.62. The van der Waals surface area contributed by atoms with Gasteiger partial charge in [-0.2, -0.15) is 0 Å². The first-order chi connectivity index (χ1) is 9.78. The van der Waals surface area contributed by atoms with Gasteiger partial charge < -0.3 is 9.73 Å². The topological polar surface area (TPSA) is 38.1 Å². The van der Waals surface area contributed by atoms with Gasteiger partial charge in [0.25, 0.3) is 0 Å². The van der Waals surface area contributed by atoms with E-state index in [0.717, 1.165) is 33.4 Å². The van der Waals surface area contributed by atoms with Gasteiger partial charge in [0, 0.05) is 11.6 Å². The molecule has 4 heteroatoms. The number of benzene rings is 1. The first kappa shape index (κ1) is 13.3. The van der Waals surface area contributed by atoms with Gasteiger partial charge in [-0.15, -0.1) is 0 Å². The van der Waals surface area contributed by atoms with Crippen LogP contribution in [0.4, 0.5) is 0 Å². The predicted octanol–water partition coefficient (Wildman–Crippen LogP) is 4.29. The first-order valence-corrected chi connectivity index (χ1v) is 7.40. The summed E-state index contributed by atoms with van der Waals surface area (Å²) in [7, 11) is 0. The van der Waals surface area contributed by atoms with Crippen molar-refractivity contribution in [2.45, 2.75) is 13.0 Å². The minimum absolute atomic E-state index is 0.0395. The Morgan fingerprint density at radius 2 is 2.15 bits per heavy atom. The minimum Gasteiger partial charge on any atom is -0.452 e. The van der Waals surface area contributed by atoms with Crippen molar-refractivity contribution in [1.82, 2.24) is 10.3 Å². The second kappa shape index (κ2) is 5.77. The molecular weight excluding hydrogens is 316 g/mol. The number of rotatable bonds is 4. The van der Waals surface area contributed by atoms with E-state index in [0.29, 0.717) is 0 Å². The van der Waals surface area contributed by atoms with E-state index < -0.39 is 0 Å². The highest BCUT2D eigenvalue weighted by Gasteiger charge is 2.17. The average Bonchev–Trinajstić information content (AvgIpc) is 2.90. The van der Waals surface area contributed by atoms with Crippen LogP contribution in [-0.2, 0) is 0 Å². The Balaban J connectivity index is 2.04. The zero-order valence-electron chi connectivity index (χ0n) is 11.1. The fourth-order valence-electron chi connectivity index (χ4n) is 2.33. The molecule has 1 N–H and O–H groups in total. The van der Waals surface area contributed by atoms with Crippen molar-refractivity contribution < 1.29 is 4.42 Å². The highest BCUT2D eigenvalue weighted by molar-refractivity contribution is 9.10. The molecule has 0 aliphatic rings. The highest BCUT2D eigenvalue weighted by Crippen LogP contribution is 2.27. The highest BCUT2D eigenvalue weighted by atomic mass is 79.9. The Bertz CT molecular complexity index is 723. The molecule has 102 valence electrons. The number of hydrogen-bond acceptors (Lipinski definition) is 3. The van der Waals surface area contributed by atoms with Crippen molar-refractivity contribution in [2.24, 2.45) is 0 Å². The largest absolute Gasteiger partial charge is 0.452 e. The van der Waals surface area contributed by atoms with Crippen LogP contribution in [0.5, 0.6) is 0 Å². The van der Waals surface area contributed by atoms with E-state index in [4.69, 9.17) is 4.42 Å². The van der Waals surface area contributed by atoms with Gasteiger partial charge in [-0.3, -0.25) is 4.98 Å². The van der Waals surface area contributed by atoms with E-state index in [1.54, 1.807) is 0 Å². The molecule has 2 heterocycles. The van der Waals surface area contributed by atoms with Gasteiger partial charge in [-0.25, -0.2) is 0 Å². The lowest BCUT2D eigenvalue weighted by Crippen LogP contribution is -2.21. The van der Waals surface area contributed by atoms with Crippen LogP contribution in [0.1, 0.15) is 24.3 Å². The maximum Gasteiger partial charge on any atom is 0.169 e. The zero-order chi connectivity index (χ0) is 13.9. The van der Waals surface area contributed by atoms with Crippen molar-refractivity contribution in [2.75, 3.05) is 6.54 Å². The van der Waals surface area contributed by atoms with E-state index in [1.807, 2.05) is 24.4 Å². The second-order valence-corrected chi connectivity index (χ2v) is 5.37. The lowest BCUT2D eigenvalue weighted by Gasteiger charge is -2.16. The van der Waals surface area contributed by atoms with Crippen molar-refractivity contribution in [3.8, 4) is 0 Å². The number of pyridine rings is 1. The van der Waals surface area contributed by atoms with Crippen LogP contribution in [0, 0.1) is 0 Å². The van der Waals surface area contributed by atoms with E-state index in [1.165, 1.54) is 0 Å². The molecule has 0 radical (unpaired) electrons. The summed E-state index contributed by atoms with van der Waals surface area (Å²) < 4.78 is 6.44. The summed E-state index contributed by atoms with van der Waals surface area (Å²) in [6.07, 6.45) is 1.82. The lowest BCUT2D eigenvalue weighted by atomic mass is 10.0. The summed E-state index contributed by atoms with van der Waals surface area (Å²) in [5.74, 6) is 0.897. The molecule has 3 aromatic rings. The maximum atomic E-state index is 5.70. The van der Waals surface area contributed by atoms with Gasteiger partial charge in [0.2, 0.25) is 0 Å². The Labute approximate surface area is 126 Å². The molecule has 0 saturated heterocycles. The van der Waals surface area contributed by atoms with E-state index >= 15 is 0 Å². The van der Waals surface area contributed by atoms with Gasteiger partial charge in [-0.1, -0.05) is 25.1 Å². The minimum atomic E-state index is 0.0395. The van der Waals surface area contributed by atoms with Crippen LogP contribution in [0.25, 0.3) is 10.9 Å². The molecule has 0 aliphatic carbocycles. The van der Waals surface area contributed by atoms with Gasteiger partial charge in [0.1, 0.15) is 5.76 Å². The molecule has 1 atom stereocenters. The Morgan fingerprint density at radius 1 is 1.25 bits per heavy atom. The van der Waals surface area contributed by atoms with Crippen LogP contribution in [0.15, 0.2) is 57.7 Å². The molecule has 0 amide bonds. The van der Waals surface area contributed by atoms with Crippen LogP contribution in [0.2, 0.25) is 0 Å². The number of fused-ring (bicyclic) bond motifs is 1. The van der Waals surface area contributed by atoms with Crippen LogP contribution in [-0.4, -0.2) is 11.5 Å². The predicted molar refractivity (Wildman–Crippen MR) is 83.7 cm³/mol. The molecular formula is C16H15BrN2O. The number of nitrogens with one attached hydrogen (secondary N) is 1. The van der Waals surface area contributed by atoms with Crippen LogP contribution < -0.4 is 5.32 Å². The first-order valence-electron chi connectivity index (χ1n) is 6.61. The molecule has 3 nitrogen and oxygen atoms in total. The number of halogens is 1. The SMILES string of the molecule is CCNC(c1ccc2cccnc2c1)c1ccc(Br)o1. The standard InChI is InChI=1S/C16H15BrN2O/c1-2-18-16(14-7-8-15(17)20-14)12-6-5-11-4-3-9-19-13(11)10-12/h3-10,16,18H,2H2,1H3. The molecule has 2 aromatic heterocycles. The monoisotopic (exact) mass is 330 g/mol. The summed E-state index contributed by atoms with van der Waals surface area (Å²) in [5.41, 5.74) is 2.15. The molecule has 1 unspecified atom stereocenters.